The van der Waals surface area contributed by atoms with Crippen LogP contribution in [0.5, 0.6) is 0 Å². The molecule has 1 aliphatic rings. The summed E-state index contributed by atoms with van der Waals surface area (Å²) < 4.78 is 0. The molecule has 0 unspecified atom stereocenters. The van der Waals surface area contributed by atoms with E-state index >= 15 is 0 Å². The van der Waals surface area contributed by atoms with E-state index in [9.17, 15) is 4.79 Å². The molecule has 0 atom stereocenters. The molecule has 0 fully saturated rings. The summed E-state index contributed by atoms with van der Waals surface area (Å²) in [5.74, 6) is 0.0130. The number of hydrogen-bond donors (Lipinski definition) is 2. The van der Waals surface area contributed by atoms with E-state index in [1.54, 1.807) is 0 Å². The van der Waals surface area contributed by atoms with Crippen LogP contribution in [0.25, 0.3) is 21.9 Å². The molecule has 0 bridgehead atoms. The zero-order valence-corrected chi connectivity index (χ0v) is 12.2. The fourth-order valence-corrected chi connectivity index (χ4v) is 3.21. The zero-order chi connectivity index (χ0) is 14.4. The van der Waals surface area contributed by atoms with Gasteiger partial charge in [0.05, 0.1) is 0 Å². The van der Waals surface area contributed by atoms with Gasteiger partial charge in [-0.3, -0.25) is 4.79 Å². The number of fused-ring (bicyclic) bond motifs is 2. The van der Waals surface area contributed by atoms with E-state index in [2.05, 4.69) is 36.1 Å². The van der Waals surface area contributed by atoms with Crippen molar-refractivity contribution in [1.82, 2.24) is 5.32 Å². The van der Waals surface area contributed by atoms with Crippen molar-refractivity contribution >= 4 is 29.3 Å². The van der Waals surface area contributed by atoms with Crippen molar-refractivity contribution in [3.63, 3.8) is 0 Å². The van der Waals surface area contributed by atoms with Gasteiger partial charge in [0.2, 0.25) is 0 Å². The maximum absolute atomic E-state index is 12.0. The van der Waals surface area contributed by atoms with Crippen LogP contribution in [0.2, 0.25) is 0 Å². The Labute approximate surface area is 128 Å². The highest BCUT2D eigenvalue weighted by molar-refractivity contribution is 7.80. The summed E-state index contributed by atoms with van der Waals surface area (Å²) in [6, 6.07) is 18.3. The molecule has 1 amide bonds. The maximum Gasteiger partial charge on any atom is 0.251 e. The Hall–Kier alpha value is -2.26. The normalized spacial score (nSPS) is 13.3. The highest BCUT2D eigenvalue weighted by Crippen LogP contribution is 2.37. The lowest BCUT2D eigenvalue weighted by Gasteiger charge is -2.12. The Morgan fingerprint density at radius 2 is 1.81 bits per heavy atom. The molecule has 1 N–H and O–H groups in total. The van der Waals surface area contributed by atoms with Gasteiger partial charge >= 0.3 is 0 Å². The van der Waals surface area contributed by atoms with Gasteiger partial charge in [-0.1, -0.05) is 36.4 Å². The van der Waals surface area contributed by atoms with Crippen molar-refractivity contribution in [3.05, 3.63) is 65.7 Å². The third-order valence-electron chi connectivity index (χ3n) is 3.97. The standard InChI is InChI=1S/C18H13NOS/c20-18-15-8-12-6-7-13(21)9-14(12)17(16(15)10-19-18)11-4-2-1-3-5-11/h1-9,21H,10H2,(H,19,20). The fraction of sp³-hybridized carbons (Fsp3) is 0.0556. The quantitative estimate of drug-likeness (QED) is 0.651. The lowest BCUT2D eigenvalue weighted by atomic mass is 9.91. The molecular formula is C18H13NOS. The number of rotatable bonds is 1. The number of hydrogen-bond acceptors (Lipinski definition) is 2. The van der Waals surface area contributed by atoms with Gasteiger partial charge in [0.25, 0.3) is 5.91 Å². The average molecular weight is 291 g/mol. The molecule has 4 rings (SSSR count). The highest BCUT2D eigenvalue weighted by atomic mass is 32.1. The largest absolute Gasteiger partial charge is 0.348 e. The van der Waals surface area contributed by atoms with Crippen LogP contribution in [0.1, 0.15) is 15.9 Å². The van der Waals surface area contributed by atoms with Crippen LogP contribution in [0.4, 0.5) is 0 Å². The first-order valence-corrected chi connectivity index (χ1v) is 7.31. The zero-order valence-electron chi connectivity index (χ0n) is 11.3. The first-order chi connectivity index (χ1) is 10.2. The Kier molecular flexibility index (Phi) is 2.76. The van der Waals surface area contributed by atoms with Gasteiger partial charge in [-0.05, 0) is 45.7 Å². The predicted molar refractivity (Wildman–Crippen MR) is 87.8 cm³/mol. The van der Waals surface area contributed by atoms with E-state index < -0.39 is 0 Å². The Balaban J connectivity index is 2.16. The van der Waals surface area contributed by atoms with Gasteiger partial charge in [-0.2, -0.15) is 0 Å². The first kappa shape index (κ1) is 12.5. The minimum atomic E-state index is 0.0130. The molecule has 1 heterocycles. The van der Waals surface area contributed by atoms with E-state index in [0.717, 1.165) is 37.9 Å². The molecule has 0 radical (unpaired) electrons. The van der Waals surface area contributed by atoms with Gasteiger partial charge in [-0.15, -0.1) is 12.6 Å². The minimum absolute atomic E-state index is 0.0130. The molecule has 0 aromatic heterocycles. The van der Waals surface area contributed by atoms with Crippen LogP contribution in [0.3, 0.4) is 0 Å². The molecule has 1 aliphatic heterocycles. The van der Waals surface area contributed by atoms with Crippen LogP contribution in [0.15, 0.2) is 59.5 Å². The average Bonchev–Trinajstić information content (AvgIpc) is 2.87. The van der Waals surface area contributed by atoms with Crippen LogP contribution < -0.4 is 5.32 Å². The van der Waals surface area contributed by atoms with Crippen molar-refractivity contribution in [2.45, 2.75) is 11.4 Å². The summed E-state index contributed by atoms with van der Waals surface area (Å²) in [6.07, 6.45) is 0. The highest BCUT2D eigenvalue weighted by Gasteiger charge is 2.24. The Morgan fingerprint density at radius 1 is 1.00 bits per heavy atom. The molecule has 3 aromatic carbocycles. The summed E-state index contributed by atoms with van der Waals surface area (Å²) in [5.41, 5.74) is 4.14. The third kappa shape index (κ3) is 1.93. The monoisotopic (exact) mass is 291 g/mol. The molecule has 0 saturated heterocycles. The van der Waals surface area contributed by atoms with E-state index in [1.807, 2.05) is 36.4 Å². The summed E-state index contributed by atoms with van der Waals surface area (Å²) in [6.45, 7) is 0.588. The van der Waals surface area contributed by atoms with E-state index in [4.69, 9.17) is 0 Å². The summed E-state index contributed by atoms with van der Waals surface area (Å²) in [4.78, 5) is 13.0. The van der Waals surface area contributed by atoms with Gasteiger partial charge in [0, 0.05) is 17.0 Å². The summed E-state index contributed by atoms with van der Waals surface area (Å²) in [5, 5.41) is 5.14. The van der Waals surface area contributed by atoms with Crippen LogP contribution in [0, 0.1) is 0 Å². The number of carbonyl (C=O) groups is 1. The molecule has 3 heteroatoms. The van der Waals surface area contributed by atoms with Gasteiger partial charge in [0.15, 0.2) is 0 Å². The predicted octanol–water partition coefficient (Wildman–Crippen LogP) is 4.04. The van der Waals surface area contributed by atoms with Crippen molar-refractivity contribution in [1.29, 1.82) is 0 Å². The van der Waals surface area contributed by atoms with Crippen molar-refractivity contribution in [2.24, 2.45) is 0 Å². The maximum atomic E-state index is 12.0. The molecule has 0 aliphatic carbocycles. The number of nitrogens with one attached hydrogen (secondary N) is 1. The minimum Gasteiger partial charge on any atom is -0.348 e. The topological polar surface area (TPSA) is 29.1 Å². The molecule has 2 nitrogen and oxygen atoms in total. The SMILES string of the molecule is O=C1NCc2c1cc1ccc(S)cc1c2-c1ccccc1. The van der Waals surface area contributed by atoms with E-state index in [1.165, 1.54) is 0 Å². The summed E-state index contributed by atoms with van der Waals surface area (Å²) in [7, 11) is 0. The lowest BCUT2D eigenvalue weighted by Crippen LogP contribution is -2.12. The second-order valence-electron chi connectivity index (χ2n) is 5.23. The second-order valence-corrected chi connectivity index (χ2v) is 5.75. The fourth-order valence-electron chi connectivity index (χ4n) is 3.01. The Morgan fingerprint density at radius 3 is 2.62 bits per heavy atom. The van der Waals surface area contributed by atoms with Crippen molar-refractivity contribution in [3.8, 4) is 11.1 Å². The molecule has 0 saturated carbocycles. The lowest BCUT2D eigenvalue weighted by molar-refractivity contribution is 0.0966. The number of amides is 1. The van der Waals surface area contributed by atoms with Crippen LogP contribution in [-0.2, 0) is 6.54 Å². The van der Waals surface area contributed by atoms with Gasteiger partial charge in [-0.25, -0.2) is 0 Å². The second kappa shape index (κ2) is 4.64. The van der Waals surface area contributed by atoms with Gasteiger partial charge in [0.1, 0.15) is 0 Å². The van der Waals surface area contributed by atoms with Crippen molar-refractivity contribution in [2.75, 3.05) is 0 Å². The molecule has 3 aromatic rings. The van der Waals surface area contributed by atoms with Crippen molar-refractivity contribution < 1.29 is 4.79 Å². The van der Waals surface area contributed by atoms with E-state index in [-0.39, 0.29) is 5.91 Å². The van der Waals surface area contributed by atoms with Crippen LogP contribution >= 0.6 is 12.6 Å². The molecule has 102 valence electrons. The number of thiol groups is 1. The van der Waals surface area contributed by atoms with Gasteiger partial charge < -0.3 is 5.32 Å². The molecule has 0 spiro atoms. The Bertz CT molecular complexity index is 871. The number of benzene rings is 3. The smallest absolute Gasteiger partial charge is 0.251 e. The molecule has 21 heavy (non-hydrogen) atoms. The van der Waals surface area contributed by atoms with Crippen LogP contribution in [-0.4, -0.2) is 5.91 Å². The van der Waals surface area contributed by atoms with E-state index in [0.29, 0.717) is 6.54 Å². The first-order valence-electron chi connectivity index (χ1n) is 6.86. The number of carbonyl (C=O) groups excluding carboxylic acids is 1. The third-order valence-corrected chi connectivity index (χ3v) is 4.24. The summed E-state index contributed by atoms with van der Waals surface area (Å²) >= 11 is 4.46. The molecular weight excluding hydrogens is 278 g/mol.